The largest absolute Gasteiger partial charge is 0.347 e. The second-order valence-electron chi connectivity index (χ2n) is 2.61. The summed E-state index contributed by atoms with van der Waals surface area (Å²) in [6.07, 6.45) is 5.12. The Labute approximate surface area is 75.1 Å². The van der Waals surface area contributed by atoms with Gasteiger partial charge in [0.05, 0.1) is 6.21 Å². The summed E-state index contributed by atoms with van der Waals surface area (Å²) < 4.78 is 1.80. The lowest BCUT2D eigenvalue weighted by Gasteiger charge is -1.89. The van der Waals surface area contributed by atoms with Crippen molar-refractivity contribution in [3.63, 3.8) is 0 Å². The number of H-pyrrole nitrogens is 1. The summed E-state index contributed by atoms with van der Waals surface area (Å²) in [7, 11) is 1.87. The number of nitrogens with one attached hydrogen (secondary N) is 1. The van der Waals surface area contributed by atoms with Crippen LogP contribution in [-0.2, 0) is 7.05 Å². The predicted octanol–water partition coefficient (Wildman–Crippen LogP) is 0.894. The molecule has 0 unspecified atom stereocenters. The highest BCUT2D eigenvalue weighted by Crippen LogP contribution is 2.05. The molecule has 0 saturated carbocycles. The zero-order chi connectivity index (χ0) is 9.10. The van der Waals surface area contributed by atoms with Gasteiger partial charge < -0.3 is 9.55 Å². The van der Waals surface area contributed by atoms with E-state index in [1.807, 2.05) is 25.4 Å². The Kier molecular flexibility index (Phi) is 1.91. The van der Waals surface area contributed by atoms with Gasteiger partial charge in [0, 0.05) is 13.2 Å². The molecule has 0 spiro atoms. The molecule has 13 heavy (non-hydrogen) atoms. The smallest absolute Gasteiger partial charge is 0.174 e. The summed E-state index contributed by atoms with van der Waals surface area (Å²) in [5, 5.41) is 7.60. The maximum absolute atomic E-state index is 4.17. The third kappa shape index (κ3) is 1.64. The van der Waals surface area contributed by atoms with Gasteiger partial charge in [-0.3, -0.25) is 0 Å². The molecule has 2 aromatic rings. The Morgan fingerprint density at radius 2 is 2.54 bits per heavy atom. The van der Waals surface area contributed by atoms with Crippen LogP contribution in [0.15, 0.2) is 29.6 Å². The second kappa shape index (κ2) is 3.22. The van der Waals surface area contributed by atoms with Crippen molar-refractivity contribution in [2.24, 2.45) is 12.0 Å². The maximum atomic E-state index is 4.17. The average Bonchev–Trinajstić information content (AvgIpc) is 2.72. The van der Waals surface area contributed by atoms with Crippen molar-refractivity contribution >= 4 is 12.0 Å². The fraction of sp³-hybridized carbons (Fsp3) is 0.125. The molecule has 0 radical (unpaired) electrons. The van der Waals surface area contributed by atoms with Crippen molar-refractivity contribution in [2.75, 3.05) is 0 Å². The number of aromatic amines is 1. The first-order chi connectivity index (χ1) is 6.36. The van der Waals surface area contributed by atoms with Gasteiger partial charge >= 0.3 is 0 Å². The van der Waals surface area contributed by atoms with Crippen LogP contribution in [0.25, 0.3) is 0 Å². The molecule has 2 rings (SSSR count). The minimum Gasteiger partial charge on any atom is -0.347 e. The van der Waals surface area contributed by atoms with Crippen LogP contribution < -0.4 is 0 Å². The first-order valence-corrected chi connectivity index (χ1v) is 3.88. The lowest BCUT2D eigenvalue weighted by Crippen LogP contribution is -1.94. The minimum absolute atomic E-state index is 0.731. The Morgan fingerprint density at radius 3 is 3.15 bits per heavy atom. The van der Waals surface area contributed by atoms with Gasteiger partial charge in [-0.05, 0) is 12.1 Å². The van der Waals surface area contributed by atoms with Gasteiger partial charge in [-0.1, -0.05) is 0 Å². The molecule has 0 fully saturated rings. The van der Waals surface area contributed by atoms with E-state index in [-0.39, 0.29) is 0 Å². The van der Waals surface area contributed by atoms with Crippen LogP contribution in [0.1, 0.15) is 5.82 Å². The van der Waals surface area contributed by atoms with Crippen LogP contribution >= 0.6 is 0 Å². The Bertz CT molecular complexity index is 398. The number of hydrogen-bond acceptors (Lipinski definition) is 3. The molecule has 0 aliphatic carbocycles. The first-order valence-electron chi connectivity index (χ1n) is 3.88. The molecule has 0 aliphatic heterocycles. The average molecular weight is 175 g/mol. The Morgan fingerprint density at radius 1 is 1.62 bits per heavy atom. The number of aryl methyl sites for hydroxylation is 1. The third-order valence-corrected chi connectivity index (χ3v) is 1.65. The van der Waals surface area contributed by atoms with Gasteiger partial charge in [0.1, 0.15) is 12.1 Å². The van der Waals surface area contributed by atoms with Crippen LogP contribution in [0.2, 0.25) is 0 Å². The number of aromatic nitrogens is 4. The van der Waals surface area contributed by atoms with Crippen LogP contribution in [0.5, 0.6) is 0 Å². The third-order valence-electron chi connectivity index (χ3n) is 1.65. The molecule has 2 aromatic heterocycles. The lowest BCUT2D eigenvalue weighted by atomic mass is 10.6. The van der Waals surface area contributed by atoms with E-state index in [0.717, 1.165) is 11.6 Å². The fourth-order valence-electron chi connectivity index (χ4n) is 0.937. The molecule has 5 nitrogen and oxygen atoms in total. The van der Waals surface area contributed by atoms with Crippen molar-refractivity contribution in [2.45, 2.75) is 0 Å². The van der Waals surface area contributed by atoms with E-state index in [0.29, 0.717) is 0 Å². The van der Waals surface area contributed by atoms with Crippen molar-refractivity contribution in [1.29, 1.82) is 0 Å². The van der Waals surface area contributed by atoms with E-state index in [1.165, 1.54) is 0 Å². The summed E-state index contributed by atoms with van der Waals surface area (Å²) in [6, 6.07) is 3.77. The molecule has 1 N–H and O–H groups in total. The van der Waals surface area contributed by atoms with E-state index in [2.05, 4.69) is 20.2 Å². The van der Waals surface area contributed by atoms with Crippen molar-refractivity contribution in [3.05, 3.63) is 30.5 Å². The van der Waals surface area contributed by atoms with Crippen molar-refractivity contribution in [3.8, 4) is 0 Å². The van der Waals surface area contributed by atoms with Crippen LogP contribution in [0, 0.1) is 0 Å². The van der Waals surface area contributed by atoms with Crippen molar-refractivity contribution < 1.29 is 0 Å². The SMILES string of the molecule is Cn1cnnc1C=Nc1ccc[nH]1. The molecule has 0 aliphatic rings. The van der Waals surface area contributed by atoms with E-state index >= 15 is 0 Å². The van der Waals surface area contributed by atoms with Gasteiger partial charge in [0.15, 0.2) is 5.82 Å². The predicted molar refractivity (Wildman–Crippen MR) is 49.0 cm³/mol. The summed E-state index contributed by atoms with van der Waals surface area (Å²) in [5.74, 6) is 1.54. The summed E-state index contributed by atoms with van der Waals surface area (Å²) in [6.45, 7) is 0. The fourth-order valence-corrected chi connectivity index (χ4v) is 0.937. The molecule has 0 bridgehead atoms. The summed E-state index contributed by atoms with van der Waals surface area (Å²) in [4.78, 5) is 7.13. The standard InChI is InChI=1S/C8H9N5/c1-13-6-11-12-8(13)5-10-7-3-2-4-9-7/h2-6,9H,1H3. The molecule has 0 atom stereocenters. The molecule has 0 aromatic carbocycles. The highest BCUT2D eigenvalue weighted by atomic mass is 15.2. The molecular weight excluding hydrogens is 166 g/mol. The van der Waals surface area contributed by atoms with Crippen LogP contribution in [-0.4, -0.2) is 26.0 Å². The summed E-state index contributed by atoms with van der Waals surface area (Å²) in [5.41, 5.74) is 0. The molecule has 5 heteroatoms. The minimum atomic E-state index is 0.731. The Hall–Kier alpha value is -1.91. The van der Waals surface area contributed by atoms with Gasteiger partial charge in [-0.15, -0.1) is 10.2 Å². The lowest BCUT2D eigenvalue weighted by molar-refractivity contribution is 0.900. The van der Waals surface area contributed by atoms with Gasteiger partial charge in [-0.25, -0.2) is 4.99 Å². The zero-order valence-electron chi connectivity index (χ0n) is 7.18. The van der Waals surface area contributed by atoms with Crippen LogP contribution in [0.4, 0.5) is 5.82 Å². The molecule has 2 heterocycles. The topological polar surface area (TPSA) is 58.9 Å². The number of rotatable bonds is 2. The summed E-state index contributed by atoms with van der Waals surface area (Å²) >= 11 is 0. The highest BCUT2D eigenvalue weighted by Gasteiger charge is 1.94. The van der Waals surface area contributed by atoms with Gasteiger partial charge in [0.2, 0.25) is 0 Å². The van der Waals surface area contributed by atoms with E-state index in [9.17, 15) is 0 Å². The van der Waals surface area contributed by atoms with Crippen molar-refractivity contribution in [1.82, 2.24) is 19.7 Å². The zero-order valence-corrected chi connectivity index (χ0v) is 7.18. The number of aliphatic imine (C=N–C) groups is 1. The second-order valence-corrected chi connectivity index (χ2v) is 2.61. The molecule has 0 saturated heterocycles. The van der Waals surface area contributed by atoms with Gasteiger partial charge in [-0.2, -0.15) is 0 Å². The Balaban J connectivity index is 2.19. The van der Waals surface area contributed by atoms with Crippen LogP contribution in [0.3, 0.4) is 0 Å². The normalized spacial score (nSPS) is 11.2. The maximum Gasteiger partial charge on any atom is 0.174 e. The quantitative estimate of drug-likeness (QED) is 0.689. The van der Waals surface area contributed by atoms with E-state index < -0.39 is 0 Å². The number of hydrogen-bond donors (Lipinski definition) is 1. The van der Waals surface area contributed by atoms with E-state index in [1.54, 1.807) is 17.1 Å². The highest BCUT2D eigenvalue weighted by molar-refractivity contribution is 5.76. The molecule has 66 valence electrons. The first kappa shape index (κ1) is 7.72. The van der Waals surface area contributed by atoms with E-state index in [4.69, 9.17) is 0 Å². The monoisotopic (exact) mass is 175 g/mol. The van der Waals surface area contributed by atoms with Gasteiger partial charge in [0.25, 0.3) is 0 Å². The molecule has 0 amide bonds. The molecular formula is C8H9N5. The number of nitrogens with zero attached hydrogens (tertiary/aromatic N) is 4.